The van der Waals surface area contributed by atoms with Crippen LogP contribution in [0.25, 0.3) is 0 Å². The van der Waals surface area contributed by atoms with Gasteiger partial charge in [0.15, 0.2) is 5.78 Å². The van der Waals surface area contributed by atoms with Crippen molar-refractivity contribution in [3.63, 3.8) is 0 Å². The second-order valence-electron chi connectivity index (χ2n) is 5.93. The largest absolute Gasteiger partial charge is 0.338 e. The maximum Gasteiger partial charge on any atom is 0.317 e. The molecular weight excluding hydrogens is 322 g/mol. The van der Waals surface area contributed by atoms with Crippen LogP contribution in [0.2, 0.25) is 0 Å². The van der Waals surface area contributed by atoms with Crippen molar-refractivity contribution in [1.29, 1.82) is 0 Å². The van der Waals surface area contributed by atoms with Gasteiger partial charge in [-0.05, 0) is 36.4 Å². The van der Waals surface area contributed by atoms with E-state index < -0.39 is 0 Å². The number of nitrogens with one attached hydrogen (secondary N) is 1. The molecule has 1 atom stereocenters. The van der Waals surface area contributed by atoms with E-state index in [2.05, 4.69) is 10.3 Å². The molecule has 2 aromatic heterocycles. The Morgan fingerprint density at radius 2 is 2.21 bits per heavy atom. The van der Waals surface area contributed by atoms with Crippen LogP contribution in [0.4, 0.5) is 4.79 Å². The number of urea groups is 1. The minimum Gasteiger partial charge on any atom is -0.338 e. The van der Waals surface area contributed by atoms with Gasteiger partial charge in [0.25, 0.3) is 0 Å². The van der Waals surface area contributed by atoms with E-state index in [1.165, 1.54) is 11.3 Å². The normalized spacial score (nSPS) is 17.5. The average molecular weight is 343 g/mol. The highest BCUT2D eigenvalue weighted by molar-refractivity contribution is 7.12. The zero-order valence-electron chi connectivity index (χ0n) is 13.5. The third-order valence-electron chi connectivity index (χ3n) is 4.23. The predicted molar refractivity (Wildman–Crippen MR) is 94.3 cm³/mol. The molecule has 2 aromatic rings. The number of carbonyl (C=O) groups is 2. The van der Waals surface area contributed by atoms with E-state index >= 15 is 0 Å². The molecule has 3 heterocycles. The minimum atomic E-state index is -0.0883. The van der Waals surface area contributed by atoms with Gasteiger partial charge in [-0.1, -0.05) is 12.1 Å². The van der Waals surface area contributed by atoms with Crippen LogP contribution in [0.1, 0.15) is 28.2 Å². The molecule has 1 saturated heterocycles. The number of likely N-dealkylation sites (tertiary alicyclic amines) is 1. The lowest BCUT2D eigenvalue weighted by Crippen LogP contribution is -2.47. The molecule has 0 aliphatic carbocycles. The third kappa shape index (κ3) is 4.20. The molecule has 0 spiro atoms. The monoisotopic (exact) mass is 343 g/mol. The van der Waals surface area contributed by atoms with Gasteiger partial charge in [0.2, 0.25) is 0 Å². The van der Waals surface area contributed by atoms with E-state index in [4.69, 9.17) is 0 Å². The van der Waals surface area contributed by atoms with Gasteiger partial charge in [-0.25, -0.2) is 4.79 Å². The molecule has 5 nitrogen and oxygen atoms in total. The van der Waals surface area contributed by atoms with Crippen LogP contribution in [0.3, 0.4) is 0 Å². The highest BCUT2D eigenvalue weighted by Crippen LogP contribution is 2.23. The quantitative estimate of drug-likeness (QED) is 0.849. The molecule has 0 saturated carbocycles. The second-order valence-corrected chi connectivity index (χ2v) is 6.88. The van der Waals surface area contributed by atoms with E-state index in [0.29, 0.717) is 26.1 Å². The summed E-state index contributed by atoms with van der Waals surface area (Å²) in [5, 5.41) is 4.85. The number of thiophene rings is 1. The van der Waals surface area contributed by atoms with Gasteiger partial charge in [0.05, 0.1) is 4.88 Å². The van der Waals surface area contributed by atoms with Crippen LogP contribution < -0.4 is 5.32 Å². The molecule has 6 heteroatoms. The van der Waals surface area contributed by atoms with Crippen molar-refractivity contribution in [2.24, 2.45) is 5.92 Å². The molecule has 126 valence electrons. The van der Waals surface area contributed by atoms with Gasteiger partial charge in [0.1, 0.15) is 0 Å². The highest BCUT2D eigenvalue weighted by atomic mass is 32.1. The van der Waals surface area contributed by atoms with Crippen molar-refractivity contribution < 1.29 is 9.59 Å². The number of nitrogens with zero attached hydrogens (tertiary/aromatic N) is 2. The first-order valence-corrected chi connectivity index (χ1v) is 9.12. The highest BCUT2D eigenvalue weighted by Gasteiger charge is 2.29. The smallest absolute Gasteiger partial charge is 0.317 e. The fraction of sp³-hybridized carbons (Fsp3) is 0.389. The van der Waals surface area contributed by atoms with Gasteiger partial charge < -0.3 is 10.2 Å². The molecule has 0 unspecified atom stereocenters. The number of aromatic nitrogens is 1. The Labute approximate surface area is 145 Å². The number of rotatable bonds is 5. The Morgan fingerprint density at radius 1 is 1.29 bits per heavy atom. The summed E-state index contributed by atoms with van der Waals surface area (Å²) in [6.45, 7) is 1.77. The molecule has 24 heavy (non-hydrogen) atoms. The van der Waals surface area contributed by atoms with Crippen molar-refractivity contribution in [1.82, 2.24) is 15.2 Å². The maximum atomic E-state index is 12.5. The Balaban J connectivity index is 1.49. The van der Waals surface area contributed by atoms with Gasteiger partial charge in [-0.15, -0.1) is 11.3 Å². The summed E-state index contributed by atoms with van der Waals surface area (Å²) in [5.74, 6) is 0.0786. The van der Waals surface area contributed by atoms with Crippen LogP contribution in [-0.4, -0.2) is 41.3 Å². The van der Waals surface area contributed by atoms with Crippen LogP contribution in [0.15, 0.2) is 41.9 Å². The van der Waals surface area contributed by atoms with E-state index in [1.54, 1.807) is 11.1 Å². The number of hydrogen-bond donors (Lipinski definition) is 1. The zero-order valence-corrected chi connectivity index (χ0v) is 14.3. The predicted octanol–water partition coefficient (Wildman–Crippen LogP) is 2.99. The van der Waals surface area contributed by atoms with Crippen LogP contribution in [-0.2, 0) is 6.42 Å². The van der Waals surface area contributed by atoms with Crippen molar-refractivity contribution in [3.8, 4) is 0 Å². The number of pyridine rings is 1. The summed E-state index contributed by atoms with van der Waals surface area (Å²) >= 11 is 1.47. The van der Waals surface area contributed by atoms with E-state index in [1.807, 2.05) is 35.7 Å². The summed E-state index contributed by atoms with van der Waals surface area (Å²) in [7, 11) is 0. The molecule has 1 N–H and O–H groups in total. The van der Waals surface area contributed by atoms with E-state index in [-0.39, 0.29) is 17.7 Å². The Morgan fingerprint density at radius 3 is 2.96 bits per heavy atom. The number of Topliss-reactive ketones (excluding diaryl/α,β-unsaturated/α-hetero) is 1. The minimum absolute atomic E-state index is 0.0843. The molecule has 1 aliphatic heterocycles. The third-order valence-corrected chi connectivity index (χ3v) is 5.11. The SMILES string of the molecule is O=C(c1cccs1)[C@@H]1CCCN(C(=O)NCCc2ccccn2)C1. The van der Waals surface area contributed by atoms with E-state index in [9.17, 15) is 9.59 Å². The first kappa shape index (κ1) is 16.6. The molecule has 0 aromatic carbocycles. The zero-order chi connectivity index (χ0) is 16.8. The maximum absolute atomic E-state index is 12.5. The Hall–Kier alpha value is -2.21. The Kier molecular flexibility index (Phi) is 5.59. The summed E-state index contributed by atoms with van der Waals surface area (Å²) in [6, 6.07) is 9.43. The fourth-order valence-electron chi connectivity index (χ4n) is 2.95. The van der Waals surface area contributed by atoms with Crippen molar-refractivity contribution in [3.05, 3.63) is 52.5 Å². The van der Waals surface area contributed by atoms with Gasteiger partial charge in [-0.3, -0.25) is 9.78 Å². The second kappa shape index (κ2) is 8.06. The van der Waals surface area contributed by atoms with Gasteiger partial charge in [0, 0.05) is 43.9 Å². The van der Waals surface area contributed by atoms with Gasteiger partial charge >= 0.3 is 6.03 Å². The lowest BCUT2D eigenvalue weighted by Gasteiger charge is -2.31. The molecule has 1 aliphatic rings. The Bertz CT molecular complexity index is 673. The summed E-state index contributed by atoms with van der Waals surface area (Å²) < 4.78 is 0. The number of piperidine rings is 1. The summed E-state index contributed by atoms with van der Waals surface area (Å²) in [5.41, 5.74) is 0.960. The molecule has 0 radical (unpaired) electrons. The molecular formula is C18H21N3O2S. The lowest BCUT2D eigenvalue weighted by molar-refractivity contribution is 0.0850. The number of carbonyl (C=O) groups excluding carboxylic acids is 2. The standard InChI is InChI=1S/C18H21N3O2S/c22-17(16-7-4-12-24-16)14-5-3-11-21(13-14)18(23)20-10-8-15-6-1-2-9-19-15/h1-2,4,6-7,9,12,14H,3,5,8,10-11,13H2,(H,20,23)/t14-/m1/s1. The fourth-order valence-corrected chi connectivity index (χ4v) is 3.69. The topological polar surface area (TPSA) is 62.3 Å². The number of amides is 2. The van der Waals surface area contributed by atoms with Gasteiger partial charge in [-0.2, -0.15) is 0 Å². The van der Waals surface area contributed by atoms with Crippen molar-refractivity contribution in [2.75, 3.05) is 19.6 Å². The first-order valence-electron chi connectivity index (χ1n) is 8.24. The number of hydrogen-bond acceptors (Lipinski definition) is 4. The van der Waals surface area contributed by atoms with Crippen molar-refractivity contribution in [2.45, 2.75) is 19.3 Å². The van der Waals surface area contributed by atoms with E-state index in [0.717, 1.165) is 23.4 Å². The van der Waals surface area contributed by atoms with Crippen LogP contribution in [0.5, 0.6) is 0 Å². The molecule has 1 fully saturated rings. The summed E-state index contributed by atoms with van der Waals surface area (Å²) in [4.78, 5) is 31.6. The molecule has 0 bridgehead atoms. The van der Waals surface area contributed by atoms with Crippen molar-refractivity contribution >= 4 is 23.2 Å². The lowest BCUT2D eigenvalue weighted by atomic mass is 9.93. The average Bonchev–Trinajstić information content (AvgIpc) is 3.16. The summed E-state index contributed by atoms with van der Waals surface area (Å²) in [6.07, 6.45) is 4.18. The molecule has 3 rings (SSSR count). The first-order chi connectivity index (χ1) is 11.7. The number of ketones is 1. The van der Waals surface area contributed by atoms with Crippen LogP contribution >= 0.6 is 11.3 Å². The van der Waals surface area contributed by atoms with Crippen LogP contribution in [0, 0.1) is 5.92 Å². The molecule has 2 amide bonds.